The van der Waals surface area contributed by atoms with E-state index in [0.717, 1.165) is 4.34 Å². The van der Waals surface area contributed by atoms with Gasteiger partial charge in [-0.25, -0.2) is 0 Å². The zero-order chi connectivity index (χ0) is 15.2. The lowest BCUT2D eigenvalue weighted by atomic mass is 9.88. The molecule has 0 aliphatic carbocycles. The van der Waals surface area contributed by atoms with Crippen molar-refractivity contribution in [2.75, 3.05) is 0 Å². The fraction of sp³-hybridized carbons (Fsp3) is 0.444. The van der Waals surface area contributed by atoms with Crippen LogP contribution in [0, 0.1) is 5.92 Å². The van der Waals surface area contributed by atoms with E-state index in [4.69, 9.17) is 11.6 Å². The third-order valence-electron chi connectivity index (χ3n) is 4.13. The van der Waals surface area contributed by atoms with Gasteiger partial charge in [0.05, 0.1) is 4.34 Å². The second-order valence-corrected chi connectivity index (χ2v) is 7.24. The van der Waals surface area contributed by atoms with Gasteiger partial charge in [-0.3, -0.25) is 0 Å². The summed E-state index contributed by atoms with van der Waals surface area (Å²) >= 11 is 7.73. The van der Waals surface area contributed by atoms with Crippen molar-refractivity contribution in [1.29, 1.82) is 0 Å². The fourth-order valence-electron chi connectivity index (χ4n) is 2.84. The number of thiophene rings is 1. The Bertz CT molecular complexity index is 533. The molecule has 0 spiro atoms. The Morgan fingerprint density at radius 1 is 1.05 bits per heavy atom. The Kier molecular flexibility index (Phi) is 6.28. The highest BCUT2D eigenvalue weighted by atomic mass is 35.5. The van der Waals surface area contributed by atoms with Crippen molar-refractivity contribution >= 4 is 22.9 Å². The molecule has 0 saturated carbocycles. The van der Waals surface area contributed by atoms with E-state index in [0.29, 0.717) is 18.0 Å². The van der Waals surface area contributed by atoms with Gasteiger partial charge in [-0.1, -0.05) is 68.6 Å². The molecule has 21 heavy (non-hydrogen) atoms. The zero-order valence-corrected chi connectivity index (χ0v) is 14.5. The van der Waals surface area contributed by atoms with Gasteiger partial charge in [-0.2, -0.15) is 0 Å². The minimum absolute atomic E-state index is 0.313. The van der Waals surface area contributed by atoms with Crippen molar-refractivity contribution in [1.82, 2.24) is 5.32 Å². The molecule has 1 heterocycles. The first-order valence-electron chi connectivity index (χ1n) is 7.71. The molecule has 0 saturated heterocycles. The molecule has 114 valence electrons. The largest absolute Gasteiger partial charge is 0.302 e. The number of benzene rings is 1. The number of hydrogen-bond acceptors (Lipinski definition) is 2. The molecule has 2 aromatic rings. The minimum Gasteiger partial charge on any atom is -0.302 e. The molecular weight excluding hydrogens is 298 g/mol. The smallest absolute Gasteiger partial charge is 0.0931 e. The molecule has 0 fully saturated rings. The summed E-state index contributed by atoms with van der Waals surface area (Å²) < 4.78 is 0.859. The SMILES string of the molecule is CCC(CC)C(NC(C)c1ccc(Cl)s1)c1ccccc1. The molecule has 1 aromatic heterocycles. The van der Waals surface area contributed by atoms with Gasteiger partial charge in [0.1, 0.15) is 0 Å². The van der Waals surface area contributed by atoms with Gasteiger partial charge >= 0.3 is 0 Å². The van der Waals surface area contributed by atoms with E-state index in [1.807, 2.05) is 6.07 Å². The van der Waals surface area contributed by atoms with Crippen molar-refractivity contribution < 1.29 is 0 Å². The first kappa shape index (κ1) is 16.5. The van der Waals surface area contributed by atoms with E-state index in [1.54, 1.807) is 11.3 Å². The Labute approximate surface area is 137 Å². The minimum atomic E-state index is 0.313. The molecule has 1 aromatic carbocycles. The molecule has 0 aliphatic heterocycles. The van der Waals surface area contributed by atoms with Crippen LogP contribution in [0.3, 0.4) is 0 Å². The first-order valence-corrected chi connectivity index (χ1v) is 8.91. The van der Waals surface area contributed by atoms with Gasteiger partial charge in [0.2, 0.25) is 0 Å². The van der Waals surface area contributed by atoms with Crippen molar-refractivity contribution in [2.24, 2.45) is 5.92 Å². The van der Waals surface area contributed by atoms with Gasteiger partial charge in [0.25, 0.3) is 0 Å². The summed E-state index contributed by atoms with van der Waals surface area (Å²) in [6.07, 6.45) is 2.36. The molecule has 2 atom stereocenters. The molecule has 1 N–H and O–H groups in total. The average molecular weight is 322 g/mol. The summed E-state index contributed by atoms with van der Waals surface area (Å²) in [5, 5.41) is 3.82. The van der Waals surface area contributed by atoms with Crippen LogP contribution in [0.1, 0.15) is 56.1 Å². The van der Waals surface area contributed by atoms with Crippen LogP contribution in [0.4, 0.5) is 0 Å². The average Bonchev–Trinajstić information content (AvgIpc) is 2.95. The third kappa shape index (κ3) is 4.32. The number of rotatable bonds is 7. The Morgan fingerprint density at radius 2 is 1.71 bits per heavy atom. The van der Waals surface area contributed by atoms with Crippen LogP contribution in [0.5, 0.6) is 0 Å². The molecule has 1 nitrogen and oxygen atoms in total. The van der Waals surface area contributed by atoms with E-state index >= 15 is 0 Å². The number of halogens is 1. The molecule has 0 bridgehead atoms. The van der Waals surface area contributed by atoms with Crippen LogP contribution in [0.25, 0.3) is 0 Å². The summed E-state index contributed by atoms with van der Waals surface area (Å²) in [5.41, 5.74) is 1.38. The zero-order valence-electron chi connectivity index (χ0n) is 13.0. The van der Waals surface area contributed by atoms with Crippen molar-refractivity contribution in [2.45, 2.75) is 45.7 Å². The Morgan fingerprint density at radius 3 is 2.24 bits per heavy atom. The van der Waals surface area contributed by atoms with E-state index in [-0.39, 0.29) is 0 Å². The number of hydrogen-bond donors (Lipinski definition) is 1. The second kappa shape index (κ2) is 7.98. The summed E-state index contributed by atoms with van der Waals surface area (Å²) in [6, 6.07) is 15.6. The van der Waals surface area contributed by atoms with Crippen LogP contribution in [-0.2, 0) is 0 Å². The van der Waals surface area contributed by atoms with Gasteiger partial charge in [0, 0.05) is 17.0 Å². The maximum absolute atomic E-state index is 6.07. The molecule has 2 rings (SSSR count). The van der Waals surface area contributed by atoms with Crippen molar-refractivity contribution in [3.8, 4) is 0 Å². The maximum Gasteiger partial charge on any atom is 0.0931 e. The molecule has 3 heteroatoms. The third-order valence-corrected chi connectivity index (χ3v) is 5.54. The highest BCUT2D eigenvalue weighted by molar-refractivity contribution is 7.16. The Hall–Kier alpha value is -0.830. The Balaban J connectivity index is 2.19. The van der Waals surface area contributed by atoms with Crippen LogP contribution in [-0.4, -0.2) is 0 Å². The lowest BCUT2D eigenvalue weighted by Gasteiger charge is -2.30. The molecule has 2 unspecified atom stereocenters. The summed E-state index contributed by atoms with van der Waals surface area (Å²) in [5.74, 6) is 0.644. The quantitative estimate of drug-likeness (QED) is 0.637. The highest BCUT2D eigenvalue weighted by Crippen LogP contribution is 2.32. The van der Waals surface area contributed by atoms with Crippen molar-refractivity contribution in [3.05, 3.63) is 57.2 Å². The first-order chi connectivity index (χ1) is 10.2. The molecule has 0 radical (unpaired) electrons. The topological polar surface area (TPSA) is 12.0 Å². The summed E-state index contributed by atoms with van der Waals surface area (Å²) in [7, 11) is 0. The summed E-state index contributed by atoms with van der Waals surface area (Å²) in [6.45, 7) is 6.78. The normalized spacial score (nSPS) is 14.3. The lowest BCUT2D eigenvalue weighted by Crippen LogP contribution is -2.30. The predicted molar refractivity (Wildman–Crippen MR) is 94.1 cm³/mol. The van der Waals surface area contributed by atoms with Gasteiger partial charge < -0.3 is 5.32 Å². The van der Waals surface area contributed by atoms with E-state index in [9.17, 15) is 0 Å². The van der Waals surface area contributed by atoms with E-state index < -0.39 is 0 Å². The van der Waals surface area contributed by atoms with Crippen LogP contribution >= 0.6 is 22.9 Å². The number of nitrogens with one attached hydrogen (secondary N) is 1. The van der Waals surface area contributed by atoms with E-state index in [2.05, 4.69) is 62.5 Å². The highest BCUT2D eigenvalue weighted by Gasteiger charge is 2.22. The monoisotopic (exact) mass is 321 g/mol. The standard InChI is InChI=1S/C18H24ClNS/c1-4-14(5-2)18(15-9-7-6-8-10-15)20-13(3)16-11-12-17(19)21-16/h6-14,18,20H,4-5H2,1-3H3. The predicted octanol–water partition coefficient (Wildman–Crippen LogP) is 6.23. The van der Waals surface area contributed by atoms with Crippen molar-refractivity contribution in [3.63, 3.8) is 0 Å². The van der Waals surface area contributed by atoms with Crippen LogP contribution < -0.4 is 5.32 Å². The van der Waals surface area contributed by atoms with Gasteiger partial charge in [-0.05, 0) is 30.5 Å². The molecule has 0 amide bonds. The fourth-order valence-corrected chi connectivity index (χ4v) is 3.91. The lowest BCUT2D eigenvalue weighted by molar-refractivity contribution is 0.318. The molecular formula is C18H24ClNS. The molecule has 0 aliphatic rings. The van der Waals surface area contributed by atoms with E-state index in [1.165, 1.54) is 23.3 Å². The van der Waals surface area contributed by atoms with Gasteiger partial charge in [-0.15, -0.1) is 11.3 Å². The van der Waals surface area contributed by atoms with Crippen LogP contribution in [0.2, 0.25) is 4.34 Å². The van der Waals surface area contributed by atoms with Gasteiger partial charge in [0.15, 0.2) is 0 Å². The maximum atomic E-state index is 6.07. The second-order valence-electron chi connectivity index (χ2n) is 5.50. The summed E-state index contributed by atoms with van der Waals surface area (Å²) in [4.78, 5) is 1.30. The van der Waals surface area contributed by atoms with Crippen LogP contribution in [0.15, 0.2) is 42.5 Å².